The summed E-state index contributed by atoms with van der Waals surface area (Å²) >= 11 is 0. The first-order valence-electron chi connectivity index (χ1n) is 6.71. The molecule has 15 heavy (non-hydrogen) atoms. The standard InChI is InChI=1S/C13H25NO/c15-11-13-7-9-14(10-13)8-3-6-12-4-1-2-5-12/h12-13,15H,1-11H2. The van der Waals surface area contributed by atoms with E-state index >= 15 is 0 Å². The zero-order chi connectivity index (χ0) is 10.5. The molecule has 0 aromatic carbocycles. The van der Waals surface area contributed by atoms with Crippen LogP contribution in [0, 0.1) is 11.8 Å². The number of rotatable bonds is 5. The molecule has 2 nitrogen and oxygen atoms in total. The summed E-state index contributed by atoms with van der Waals surface area (Å²) in [5.41, 5.74) is 0. The second kappa shape index (κ2) is 5.86. The summed E-state index contributed by atoms with van der Waals surface area (Å²) in [4.78, 5) is 2.54. The number of aliphatic hydroxyl groups is 1. The Morgan fingerprint density at radius 2 is 1.87 bits per heavy atom. The van der Waals surface area contributed by atoms with Gasteiger partial charge in [-0.05, 0) is 44.2 Å². The Balaban J connectivity index is 1.54. The smallest absolute Gasteiger partial charge is 0.0471 e. The van der Waals surface area contributed by atoms with Crippen LogP contribution in [0.2, 0.25) is 0 Å². The molecule has 2 heteroatoms. The van der Waals surface area contributed by atoms with Gasteiger partial charge < -0.3 is 10.0 Å². The summed E-state index contributed by atoms with van der Waals surface area (Å²) in [5.74, 6) is 1.61. The van der Waals surface area contributed by atoms with Gasteiger partial charge in [-0.3, -0.25) is 0 Å². The van der Waals surface area contributed by atoms with Crippen LogP contribution < -0.4 is 0 Å². The SMILES string of the molecule is OCC1CCN(CCCC2CCCC2)C1. The third-order valence-electron chi connectivity index (χ3n) is 4.19. The van der Waals surface area contributed by atoms with E-state index in [-0.39, 0.29) is 0 Å². The van der Waals surface area contributed by atoms with Crippen LogP contribution in [0.4, 0.5) is 0 Å². The van der Waals surface area contributed by atoms with Crippen molar-refractivity contribution >= 4 is 0 Å². The maximum absolute atomic E-state index is 9.06. The van der Waals surface area contributed by atoms with Gasteiger partial charge in [0.05, 0.1) is 0 Å². The Kier molecular flexibility index (Phi) is 4.45. The molecule has 2 rings (SSSR count). The molecule has 2 aliphatic rings. The van der Waals surface area contributed by atoms with Gasteiger partial charge in [0.2, 0.25) is 0 Å². The van der Waals surface area contributed by atoms with Crippen molar-refractivity contribution in [2.75, 3.05) is 26.2 Å². The number of hydrogen-bond acceptors (Lipinski definition) is 2. The second-order valence-electron chi connectivity index (χ2n) is 5.43. The topological polar surface area (TPSA) is 23.5 Å². The lowest BCUT2D eigenvalue weighted by molar-refractivity contribution is 0.220. The molecule has 1 unspecified atom stereocenters. The summed E-state index contributed by atoms with van der Waals surface area (Å²) in [6.07, 6.45) is 9.95. The number of likely N-dealkylation sites (tertiary alicyclic amines) is 1. The molecule has 2 fully saturated rings. The number of aliphatic hydroxyl groups excluding tert-OH is 1. The highest BCUT2D eigenvalue weighted by Crippen LogP contribution is 2.28. The van der Waals surface area contributed by atoms with Crippen molar-refractivity contribution < 1.29 is 5.11 Å². The molecular formula is C13H25NO. The van der Waals surface area contributed by atoms with Gasteiger partial charge in [-0.1, -0.05) is 25.7 Å². The summed E-state index contributed by atoms with van der Waals surface area (Å²) in [6, 6.07) is 0. The van der Waals surface area contributed by atoms with Crippen LogP contribution in [0.3, 0.4) is 0 Å². The van der Waals surface area contributed by atoms with Crippen LogP contribution in [-0.2, 0) is 0 Å². The quantitative estimate of drug-likeness (QED) is 0.754. The molecule has 1 saturated heterocycles. The minimum atomic E-state index is 0.388. The molecule has 1 aliphatic carbocycles. The van der Waals surface area contributed by atoms with Gasteiger partial charge in [0.15, 0.2) is 0 Å². The minimum Gasteiger partial charge on any atom is -0.396 e. The Morgan fingerprint density at radius 1 is 1.07 bits per heavy atom. The van der Waals surface area contributed by atoms with Gasteiger partial charge in [0.25, 0.3) is 0 Å². The first kappa shape index (κ1) is 11.4. The van der Waals surface area contributed by atoms with E-state index in [1.54, 1.807) is 0 Å². The van der Waals surface area contributed by atoms with Crippen molar-refractivity contribution in [1.29, 1.82) is 0 Å². The van der Waals surface area contributed by atoms with Gasteiger partial charge in [-0.2, -0.15) is 0 Å². The lowest BCUT2D eigenvalue weighted by atomic mass is 10.0. The summed E-state index contributed by atoms with van der Waals surface area (Å²) in [6.45, 7) is 4.02. The lowest BCUT2D eigenvalue weighted by Gasteiger charge is -2.16. The fraction of sp³-hybridized carbons (Fsp3) is 1.00. The molecule has 1 heterocycles. The Hall–Kier alpha value is -0.0800. The highest BCUT2D eigenvalue weighted by Gasteiger charge is 2.21. The Labute approximate surface area is 93.7 Å². The van der Waals surface area contributed by atoms with Crippen molar-refractivity contribution in [2.24, 2.45) is 11.8 Å². The summed E-state index contributed by atoms with van der Waals surface area (Å²) < 4.78 is 0. The molecule has 0 amide bonds. The van der Waals surface area contributed by atoms with Crippen molar-refractivity contribution in [1.82, 2.24) is 4.90 Å². The van der Waals surface area contributed by atoms with Crippen LogP contribution >= 0.6 is 0 Å². The zero-order valence-electron chi connectivity index (χ0n) is 9.83. The molecule has 0 spiro atoms. The predicted octanol–water partition coefficient (Wildman–Crippen LogP) is 2.27. The fourth-order valence-corrected chi connectivity index (χ4v) is 3.17. The molecule has 0 bridgehead atoms. The molecule has 0 aromatic rings. The second-order valence-corrected chi connectivity index (χ2v) is 5.43. The lowest BCUT2D eigenvalue weighted by Crippen LogP contribution is -2.23. The molecule has 1 saturated carbocycles. The fourth-order valence-electron chi connectivity index (χ4n) is 3.17. The van der Waals surface area contributed by atoms with Gasteiger partial charge in [0.1, 0.15) is 0 Å². The van der Waals surface area contributed by atoms with Gasteiger partial charge in [-0.25, -0.2) is 0 Å². The Morgan fingerprint density at radius 3 is 2.53 bits per heavy atom. The first-order chi connectivity index (χ1) is 7.38. The summed E-state index contributed by atoms with van der Waals surface area (Å²) in [5, 5.41) is 9.06. The molecule has 1 N–H and O–H groups in total. The number of hydrogen-bond donors (Lipinski definition) is 1. The molecule has 1 atom stereocenters. The van der Waals surface area contributed by atoms with E-state index in [0.717, 1.165) is 12.5 Å². The highest BCUT2D eigenvalue weighted by atomic mass is 16.3. The predicted molar refractivity (Wildman–Crippen MR) is 62.8 cm³/mol. The average Bonchev–Trinajstić information content (AvgIpc) is 2.88. The van der Waals surface area contributed by atoms with Crippen LogP contribution in [-0.4, -0.2) is 36.2 Å². The zero-order valence-corrected chi connectivity index (χ0v) is 9.83. The van der Waals surface area contributed by atoms with Gasteiger partial charge >= 0.3 is 0 Å². The third kappa shape index (κ3) is 3.46. The molecule has 1 aliphatic heterocycles. The van der Waals surface area contributed by atoms with Crippen molar-refractivity contribution in [3.63, 3.8) is 0 Å². The molecule has 0 radical (unpaired) electrons. The van der Waals surface area contributed by atoms with Gasteiger partial charge in [-0.15, -0.1) is 0 Å². The van der Waals surface area contributed by atoms with Crippen molar-refractivity contribution in [3.05, 3.63) is 0 Å². The van der Waals surface area contributed by atoms with Crippen LogP contribution in [0.15, 0.2) is 0 Å². The van der Waals surface area contributed by atoms with Gasteiger partial charge in [0, 0.05) is 13.2 Å². The van der Waals surface area contributed by atoms with Crippen LogP contribution in [0.5, 0.6) is 0 Å². The van der Waals surface area contributed by atoms with Crippen molar-refractivity contribution in [3.8, 4) is 0 Å². The first-order valence-corrected chi connectivity index (χ1v) is 6.71. The van der Waals surface area contributed by atoms with Crippen molar-refractivity contribution in [2.45, 2.75) is 44.9 Å². The molecular weight excluding hydrogens is 186 g/mol. The Bertz CT molecular complexity index is 177. The third-order valence-corrected chi connectivity index (χ3v) is 4.19. The molecule has 0 aromatic heterocycles. The van der Waals surface area contributed by atoms with E-state index in [1.807, 2.05) is 0 Å². The maximum atomic E-state index is 9.06. The maximum Gasteiger partial charge on any atom is 0.0471 e. The minimum absolute atomic E-state index is 0.388. The van der Waals surface area contributed by atoms with E-state index in [2.05, 4.69) is 4.90 Å². The average molecular weight is 211 g/mol. The normalized spacial score (nSPS) is 29.0. The van der Waals surface area contributed by atoms with E-state index in [9.17, 15) is 0 Å². The number of nitrogens with zero attached hydrogens (tertiary/aromatic N) is 1. The monoisotopic (exact) mass is 211 g/mol. The van der Waals surface area contributed by atoms with E-state index in [4.69, 9.17) is 5.11 Å². The largest absolute Gasteiger partial charge is 0.396 e. The highest BCUT2D eigenvalue weighted by molar-refractivity contribution is 4.75. The van der Waals surface area contributed by atoms with Crippen LogP contribution in [0.1, 0.15) is 44.9 Å². The van der Waals surface area contributed by atoms with E-state index < -0.39 is 0 Å². The molecule has 88 valence electrons. The van der Waals surface area contributed by atoms with E-state index in [0.29, 0.717) is 12.5 Å². The van der Waals surface area contributed by atoms with Crippen LogP contribution in [0.25, 0.3) is 0 Å². The van der Waals surface area contributed by atoms with E-state index in [1.165, 1.54) is 58.0 Å². The summed E-state index contributed by atoms with van der Waals surface area (Å²) in [7, 11) is 0.